The molecule has 37 heavy (non-hydrogen) atoms. The SMILES string of the molecule is C1=NCCS1.FC(F)(F)c1ccc(-c2ccc3c4c(ccc3c2)C2=C(CCC=C2)C(C2CCC2)C4)cn1. The number of benzene rings is 2. The summed E-state index contributed by atoms with van der Waals surface area (Å²) in [7, 11) is 0. The van der Waals surface area contributed by atoms with Crippen LogP contribution in [0.1, 0.15) is 48.9 Å². The van der Waals surface area contributed by atoms with Crippen molar-refractivity contribution in [1.29, 1.82) is 0 Å². The number of pyridine rings is 1. The Labute approximate surface area is 219 Å². The van der Waals surface area contributed by atoms with Gasteiger partial charge in [0, 0.05) is 24.1 Å². The third-order valence-electron chi connectivity index (χ3n) is 8.10. The van der Waals surface area contributed by atoms with E-state index in [1.165, 1.54) is 65.8 Å². The monoisotopic (exact) mass is 518 g/mol. The summed E-state index contributed by atoms with van der Waals surface area (Å²) >= 11 is 1.78. The molecule has 3 aromatic rings. The van der Waals surface area contributed by atoms with E-state index in [9.17, 15) is 13.2 Å². The summed E-state index contributed by atoms with van der Waals surface area (Å²) in [6.45, 7) is 1.03. The molecule has 0 bridgehead atoms. The summed E-state index contributed by atoms with van der Waals surface area (Å²) in [4.78, 5) is 7.55. The quantitative estimate of drug-likeness (QED) is 0.339. The minimum absolute atomic E-state index is 0.653. The number of fused-ring (bicyclic) bond motifs is 4. The van der Waals surface area contributed by atoms with Crippen molar-refractivity contribution < 1.29 is 13.2 Å². The number of alkyl halides is 3. The largest absolute Gasteiger partial charge is 0.433 e. The highest BCUT2D eigenvalue weighted by molar-refractivity contribution is 8.12. The number of hydrogen-bond acceptors (Lipinski definition) is 3. The van der Waals surface area contributed by atoms with Crippen LogP contribution in [0.3, 0.4) is 0 Å². The molecule has 0 spiro atoms. The van der Waals surface area contributed by atoms with Crippen molar-refractivity contribution in [1.82, 2.24) is 4.98 Å². The van der Waals surface area contributed by atoms with Gasteiger partial charge in [0.05, 0.1) is 5.55 Å². The number of rotatable bonds is 2. The highest BCUT2D eigenvalue weighted by Gasteiger charge is 2.36. The predicted octanol–water partition coefficient (Wildman–Crippen LogP) is 8.76. The zero-order valence-corrected chi connectivity index (χ0v) is 21.4. The first-order chi connectivity index (χ1) is 18.0. The molecule has 1 saturated carbocycles. The van der Waals surface area contributed by atoms with Crippen LogP contribution in [-0.4, -0.2) is 22.8 Å². The lowest BCUT2D eigenvalue weighted by molar-refractivity contribution is -0.141. The third-order valence-corrected chi connectivity index (χ3v) is 8.81. The first-order valence-corrected chi connectivity index (χ1v) is 14.1. The molecule has 3 aliphatic carbocycles. The van der Waals surface area contributed by atoms with Gasteiger partial charge in [-0.1, -0.05) is 54.5 Å². The van der Waals surface area contributed by atoms with Crippen molar-refractivity contribution >= 4 is 33.7 Å². The van der Waals surface area contributed by atoms with Crippen molar-refractivity contribution in [2.45, 2.75) is 44.7 Å². The van der Waals surface area contributed by atoms with Crippen molar-refractivity contribution in [3.63, 3.8) is 0 Å². The van der Waals surface area contributed by atoms with Crippen LogP contribution in [0.2, 0.25) is 0 Å². The van der Waals surface area contributed by atoms with Gasteiger partial charge < -0.3 is 0 Å². The van der Waals surface area contributed by atoms with Crippen LogP contribution >= 0.6 is 11.8 Å². The number of hydrogen-bond donors (Lipinski definition) is 0. The molecule has 0 N–H and O–H groups in total. The summed E-state index contributed by atoms with van der Waals surface area (Å²) in [5.74, 6) is 2.66. The van der Waals surface area contributed by atoms with Gasteiger partial charge in [0.15, 0.2) is 0 Å². The maximum absolute atomic E-state index is 12.9. The number of nitrogens with zero attached hydrogens (tertiary/aromatic N) is 2. The molecule has 2 heterocycles. The van der Waals surface area contributed by atoms with E-state index in [0.717, 1.165) is 42.3 Å². The molecule has 1 atom stereocenters. The van der Waals surface area contributed by atoms with Gasteiger partial charge in [0.2, 0.25) is 0 Å². The van der Waals surface area contributed by atoms with E-state index in [4.69, 9.17) is 0 Å². The minimum Gasteiger partial charge on any atom is -0.285 e. The van der Waals surface area contributed by atoms with Crippen LogP contribution < -0.4 is 0 Å². The molecule has 1 aromatic heterocycles. The maximum atomic E-state index is 12.9. The summed E-state index contributed by atoms with van der Waals surface area (Å²) in [5, 5.41) is 2.40. The van der Waals surface area contributed by atoms with E-state index in [0.29, 0.717) is 11.5 Å². The van der Waals surface area contributed by atoms with Crippen LogP contribution in [0, 0.1) is 11.8 Å². The van der Waals surface area contributed by atoms with Crippen LogP contribution in [0.5, 0.6) is 0 Å². The zero-order chi connectivity index (χ0) is 25.4. The average Bonchev–Trinajstić information content (AvgIpc) is 3.47. The van der Waals surface area contributed by atoms with E-state index in [1.54, 1.807) is 17.3 Å². The Balaban J connectivity index is 0.000000453. The Kier molecular flexibility index (Phi) is 6.70. The second-order valence-electron chi connectivity index (χ2n) is 10.2. The topological polar surface area (TPSA) is 25.2 Å². The van der Waals surface area contributed by atoms with E-state index < -0.39 is 11.9 Å². The Hall–Kier alpha value is -2.86. The number of halogens is 3. The second-order valence-corrected chi connectivity index (χ2v) is 11.2. The zero-order valence-electron chi connectivity index (χ0n) is 20.6. The lowest BCUT2D eigenvalue weighted by atomic mass is 9.64. The molecule has 0 amide bonds. The van der Waals surface area contributed by atoms with Crippen molar-refractivity contribution in [3.05, 3.63) is 83.2 Å². The number of allylic oxidation sites excluding steroid dienone is 4. The molecule has 2 aromatic carbocycles. The molecule has 1 fully saturated rings. The fourth-order valence-electron chi connectivity index (χ4n) is 6.01. The highest BCUT2D eigenvalue weighted by Crippen LogP contribution is 2.49. The molecular weight excluding hydrogens is 489 g/mol. The fourth-order valence-corrected chi connectivity index (χ4v) is 6.54. The summed E-state index contributed by atoms with van der Waals surface area (Å²) < 4.78 is 38.6. The molecular formula is C31H29F3N2S. The summed E-state index contributed by atoms with van der Waals surface area (Å²) in [6.07, 6.45) is 9.01. The molecule has 6 heteroatoms. The maximum Gasteiger partial charge on any atom is 0.433 e. The predicted molar refractivity (Wildman–Crippen MR) is 148 cm³/mol. The van der Waals surface area contributed by atoms with E-state index >= 15 is 0 Å². The van der Waals surface area contributed by atoms with Gasteiger partial charge in [0.1, 0.15) is 5.69 Å². The Bertz CT molecular complexity index is 1390. The van der Waals surface area contributed by atoms with E-state index in [1.807, 2.05) is 11.6 Å². The van der Waals surface area contributed by atoms with Crippen LogP contribution in [0.25, 0.3) is 27.5 Å². The lowest BCUT2D eigenvalue weighted by Crippen LogP contribution is -2.29. The number of thioether (sulfide) groups is 1. The van der Waals surface area contributed by atoms with Gasteiger partial charge in [-0.05, 0) is 89.1 Å². The van der Waals surface area contributed by atoms with Crippen molar-refractivity contribution in [2.75, 3.05) is 12.3 Å². The highest BCUT2D eigenvalue weighted by atomic mass is 32.2. The molecule has 7 rings (SSSR count). The lowest BCUT2D eigenvalue weighted by Gasteiger charge is -2.40. The van der Waals surface area contributed by atoms with Gasteiger partial charge >= 0.3 is 6.18 Å². The second kappa shape index (κ2) is 10.1. The first kappa shape index (κ1) is 24.5. The Morgan fingerprint density at radius 2 is 1.84 bits per heavy atom. The molecule has 0 saturated heterocycles. The van der Waals surface area contributed by atoms with E-state index in [2.05, 4.69) is 46.4 Å². The number of aromatic nitrogens is 1. The molecule has 4 aliphatic rings. The average molecular weight is 519 g/mol. The van der Waals surface area contributed by atoms with Crippen LogP contribution in [-0.2, 0) is 12.6 Å². The number of aliphatic imine (C=N–C) groups is 1. The van der Waals surface area contributed by atoms with Gasteiger partial charge in [-0.25, -0.2) is 0 Å². The standard InChI is InChI=1S/C28H24F3N.C3H5NS/c29-28(30,31)27-13-10-20(16-32-27)18-8-11-21-19(14-18)9-12-24-22-6-1-2-7-23(22)25(15-26(21)24)17-4-3-5-17;1-2-5-3-4-1/h1,6,8-14,16-17,25H,2-5,7,15H2;3H,1-2H2. The van der Waals surface area contributed by atoms with Crippen LogP contribution in [0.15, 0.2) is 71.4 Å². The van der Waals surface area contributed by atoms with Crippen molar-refractivity contribution in [3.8, 4) is 11.1 Å². The Morgan fingerprint density at radius 3 is 2.49 bits per heavy atom. The minimum atomic E-state index is -4.42. The normalized spacial score (nSPS) is 20.8. The molecule has 2 nitrogen and oxygen atoms in total. The van der Waals surface area contributed by atoms with Gasteiger partial charge in [0.25, 0.3) is 0 Å². The van der Waals surface area contributed by atoms with Gasteiger partial charge in [-0.3, -0.25) is 9.98 Å². The summed E-state index contributed by atoms with van der Waals surface area (Å²) in [6, 6.07) is 13.2. The van der Waals surface area contributed by atoms with Gasteiger partial charge in [-0.15, -0.1) is 11.8 Å². The molecule has 1 aliphatic heterocycles. The van der Waals surface area contributed by atoms with Crippen LogP contribution in [0.4, 0.5) is 13.2 Å². The Morgan fingerprint density at radius 1 is 0.973 bits per heavy atom. The molecule has 0 radical (unpaired) electrons. The smallest absolute Gasteiger partial charge is 0.285 e. The van der Waals surface area contributed by atoms with Gasteiger partial charge in [-0.2, -0.15) is 13.2 Å². The molecule has 1 unspecified atom stereocenters. The van der Waals surface area contributed by atoms with E-state index in [-0.39, 0.29) is 0 Å². The first-order valence-electron chi connectivity index (χ1n) is 13.1. The third kappa shape index (κ3) is 4.88. The fraction of sp³-hybridized carbons (Fsp3) is 0.355. The van der Waals surface area contributed by atoms with Crippen molar-refractivity contribution in [2.24, 2.45) is 16.8 Å². The molecule has 190 valence electrons. The summed E-state index contributed by atoms with van der Waals surface area (Å²) in [5.41, 5.74) is 8.53.